The third-order valence-electron chi connectivity index (χ3n) is 2.97. The van der Waals surface area contributed by atoms with Gasteiger partial charge in [-0.25, -0.2) is 0 Å². The van der Waals surface area contributed by atoms with Crippen molar-refractivity contribution in [2.24, 2.45) is 0 Å². The zero-order chi connectivity index (χ0) is 14.8. The fourth-order valence-electron chi connectivity index (χ4n) is 1.99. The number of benzene rings is 2. The molecule has 0 bridgehead atoms. The van der Waals surface area contributed by atoms with Crippen LogP contribution in [0.3, 0.4) is 0 Å². The topological polar surface area (TPSA) is 70.8 Å². The minimum atomic E-state index is -0.416. The Morgan fingerprint density at radius 1 is 1.14 bits per heavy atom. The zero-order valence-electron chi connectivity index (χ0n) is 10.7. The van der Waals surface area contributed by atoms with E-state index in [9.17, 15) is 10.1 Å². The first-order valence-corrected chi connectivity index (χ1v) is 7.20. The molecule has 0 saturated carbocycles. The molecular weight excluding hydrogens is 342 g/mol. The van der Waals surface area contributed by atoms with Crippen LogP contribution in [0.4, 0.5) is 5.69 Å². The van der Waals surface area contributed by atoms with Gasteiger partial charge in [-0.1, -0.05) is 15.9 Å². The summed E-state index contributed by atoms with van der Waals surface area (Å²) >= 11 is 3.24. The molecule has 7 heteroatoms. The van der Waals surface area contributed by atoms with E-state index in [0.29, 0.717) is 33.9 Å². The Morgan fingerprint density at radius 3 is 2.62 bits per heavy atom. The molecule has 0 aliphatic carbocycles. The lowest BCUT2D eigenvalue weighted by atomic mass is 10.2. The van der Waals surface area contributed by atoms with Crippen LogP contribution in [0.2, 0.25) is 0 Å². The van der Waals surface area contributed by atoms with Crippen LogP contribution in [0.25, 0.3) is 0 Å². The first kappa shape index (κ1) is 13.7. The number of hydrogen-bond acceptors (Lipinski definition) is 5. The second-order valence-corrected chi connectivity index (χ2v) is 4.86. The van der Waals surface area contributed by atoms with E-state index in [1.165, 1.54) is 6.07 Å². The average molecular weight is 352 g/mol. The summed E-state index contributed by atoms with van der Waals surface area (Å²) in [5.74, 6) is 2.39. The number of rotatable bonds is 4. The maximum absolute atomic E-state index is 10.9. The maximum atomic E-state index is 10.9. The monoisotopic (exact) mass is 351 g/mol. The van der Waals surface area contributed by atoms with E-state index in [0.717, 1.165) is 0 Å². The molecule has 0 N–H and O–H groups in total. The highest BCUT2D eigenvalue weighted by Crippen LogP contribution is 2.37. The van der Waals surface area contributed by atoms with Crippen LogP contribution in [0, 0.1) is 10.1 Å². The third-order valence-corrected chi connectivity index (χ3v) is 3.58. The van der Waals surface area contributed by atoms with Crippen molar-refractivity contribution < 1.29 is 19.1 Å². The highest BCUT2D eigenvalue weighted by Gasteiger charge is 2.16. The van der Waals surface area contributed by atoms with Crippen molar-refractivity contribution >= 4 is 21.6 Å². The Morgan fingerprint density at radius 2 is 1.86 bits per heavy atom. The Labute approximate surface area is 128 Å². The van der Waals surface area contributed by atoms with Crippen LogP contribution in [-0.2, 0) is 5.33 Å². The summed E-state index contributed by atoms with van der Waals surface area (Å²) in [7, 11) is 0. The first-order valence-electron chi connectivity index (χ1n) is 6.08. The van der Waals surface area contributed by atoms with Gasteiger partial charge in [0.1, 0.15) is 11.5 Å². The molecule has 0 aromatic heterocycles. The molecule has 0 unspecified atom stereocenters. The van der Waals surface area contributed by atoms with Gasteiger partial charge in [0.15, 0.2) is 11.5 Å². The van der Waals surface area contributed by atoms with E-state index in [2.05, 4.69) is 15.9 Å². The molecule has 0 saturated heterocycles. The Bertz CT molecular complexity index is 704. The highest BCUT2D eigenvalue weighted by atomic mass is 79.9. The lowest BCUT2D eigenvalue weighted by molar-refractivity contribution is -0.385. The van der Waals surface area contributed by atoms with Gasteiger partial charge in [-0.2, -0.15) is 0 Å². The van der Waals surface area contributed by atoms with Crippen molar-refractivity contribution in [3.05, 3.63) is 52.1 Å². The van der Waals surface area contributed by atoms with Crippen LogP contribution in [0.1, 0.15) is 5.56 Å². The van der Waals surface area contributed by atoms with E-state index in [-0.39, 0.29) is 12.5 Å². The normalized spacial score (nSPS) is 12.2. The Balaban J connectivity index is 1.86. The third kappa shape index (κ3) is 2.78. The van der Waals surface area contributed by atoms with Crippen molar-refractivity contribution in [1.29, 1.82) is 0 Å². The van der Waals surface area contributed by atoms with Crippen LogP contribution in [0.5, 0.6) is 23.0 Å². The lowest BCUT2D eigenvalue weighted by Crippen LogP contribution is -1.94. The summed E-state index contributed by atoms with van der Waals surface area (Å²) in [4.78, 5) is 10.5. The van der Waals surface area contributed by atoms with Crippen molar-refractivity contribution in [3.8, 4) is 23.0 Å². The highest BCUT2D eigenvalue weighted by molar-refractivity contribution is 9.08. The molecule has 108 valence electrons. The number of nitrogens with zero attached hydrogens (tertiary/aromatic N) is 1. The largest absolute Gasteiger partial charge is 0.457 e. The molecule has 1 aliphatic rings. The summed E-state index contributed by atoms with van der Waals surface area (Å²) < 4.78 is 16.2. The van der Waals surface area contributed by atoms with Gasteiger partial charge < -0.3 is 14.2 Å². The second kappa shape index (κ2) is 5.61. The number of nitro benzene ring substituents is 1. The molecule has 2 aromatic carbocycles. The van der Waals surface area contributed by atoms with Crippen molar-refractivity contribution in [2.45, 2.75) is 5.33 Å². The fourth-order valence-corrected chi connectivity index (χ4v) is 2.44. The summed E-state index contributed by atoms with van der Waals surface area (Å²) in [5, 5.41) is 11.3. The number of hydrogen-bond donors (Lipinski definition) is 0. The van der Waals surface area contributed by atoms with Gasteiger partial charge in [-0.15, -0.1) is 0 Å². The van der Waals surface area contributed by atoms with Crippen molar-refractivity contribution in [3.63, 3.8) is 0 Å². The molecule has 0 amide bonds. The predicted octanol–water partition coefficient (Wildman–Crippen LogP) is 4.01. The first-order chi connectivity index (χ1) is 10.2. The quantitative estimate of drug-likeness (QED) is 0.472. The van der Waals surface area contributed by atoms with Gasteiger partial charge in [-0.3, -0.25) is 10.1 Å². The van der Waals surface area contributed by atoms with E-state index in [1.807, 2.05) is 0 Å². The maximum Gasteiger partial charge on any atom is 0.273 e. The van der Waals surface area contributed by atoms with E-state index in [1.54, 1.807) is 30.3 Å². The van der Waals surface area contributed by atoms with E-state index < -0.39 is 4.92 Å². The smallest absolute Gasteiger partial charge is 0.273 e. The van der Waals surface area contributed by atoms with Crippen molar-refractivity contribution in [1.82, 2.24) is 0 Å². The van der Waals surface area contributed by atoms with Gasteiger partial charge in [0.25, 0.3) is 5.69 Å². The van der Waals surface area contributed by atoms with Gasteiger partial charge in [0, 0.05) is 23.0 Å². The van der Waals surface area contributed by atoms with Gasteiger partial charge in [0.2, 0.25) is 6.79 Å². The van der Waals surface area contributed by atoms with Crippen LogP contribution >= 0.6 is 15.9 Å². The predicted molar refractivity (Wildman–Crippen MR) is 78.4 cm³/mol. The molecule has 0 radical (unpaired) electrons. The lowest BCUT2D eigenvalue weighted by Gasteiger charge is -2.08. The number of nitro groups is 1. The molecule has 3 rings (SSSR count). The van der Waals surface area contributed by atoms with Crippen molar-refractivity contribution in [2.75, 3.05) is 6.79 Å². The minimum absolute atomic E-state index is 0.0601. The minimum Gasteiger partial charge on any atom is -0.457 e. The van der Waals surface area contributed by atoms with Gasteiger partial charge in [0.05, 0.1) is 4.92 Å². The number of ether oxygens (including phenoxy) is 3. The molecule has 0 fully saturated rings. The zero-order valence-corrected chi connectivity index (χ0v) is 12.3. The number of fused-ring (bicyclic) bond motifs is 1. The summed E-state index contributed by atoms with van der Waals surface area (Å²) in [5.41, 5.74) is 0.614. The SMILES string of the molecule is O=[N+]([O-])c1ccc(Oc2ccc3c(c2)OCO3)cc1CBr. The van der Waals surface area contributed by atoms with E-state index >= 15 is 0 Å². The summed E-state index contributed by atoms with van der Waals surface area (Å²) in [6.45, 7) is 0.198. The van der Waals surface area contributed by atoms with Gasteiger partial charge >= 0.3 is 0 Å². The van der Waals surface area contributed by atoms with E-state index in [4.69, 9.17) is 14.2 Å². The van der Waals surface area contributed by atoms with Crippen LogP contribution in [-0.4, -0.2) is 11.7 Å². The Kier molecular flexibility index (Phi) is 3.66. The van der Waals surface area contributed by atoms with Crippen LogP contribution < -0.4 is 14.2 Å². The number of halogens is 1. The standard InChI is InChI=1S/C14H10BrNO5/c15-7-9-5-10(1-3-12(9)16(17)18)21-11-2-4-13-14(6-11)20-8-19-13/h1-6H,7-8H2. The molecule has 21 heavy (non-hydrogen) atoms. The fraction of sp³-hybridized carbons (Fsp3) is 0.143. The summed E-state index contributed by atoms with van der Waals surface area (Å²) in [6, 6.07) is 9.86. The van der Waals surface area contributed by atoms with Crippen LogP contribution in [0.15, 0.2) is 36.4 Å². The molecule has 2 aromatic rings. The Hall–Kier alpha value is -2.28. The average Bonchev–Trinajstić information content (AvgIpc) is 2.94. The molecule has 1 aliphatic heterocycles. The summed E-state index contributed by atoms with van der Waals surface area (Å²) in [6.07, 6.45) is 0. The molecule has 0 spiro atoms. The number of alkyl halides is 1. The molecule has 0 atom stereocenters. The molecule has 1 heterocycles. The second-order valence-electron chi connectivity index (χ2n) is 4.30. The molecular formula is C14H10BrNO5. The molecule has 6 nitrogen and oxygen atoms in total. The van der Waals surface area contributed by atoms with Gasteiger partial charge in [-0.05, 0) is 24.3 Å².